The predicted molar refractivity (Wildman–Crippen MR) is 102 cm³/mol. The summed E-state index contributed by atoms with van der Waals surface area (Å²) in [4.78, 5) is 18.7. The molecule has 0 radical (unpaired) electrons. The van der Waals surface area contributed by atoms with Crippen LogP contribution in [0.25, 0.3) is 0 Å². The summed E-state index contributed by atoms with van der Waals surface area (Å²) >= 11 is 0. The van der Waals surface area contributed by atoms with E-state index in [-0.39, 0.29) is 18.1 Å². The van der Waals surface area contributed by atoms with Crippen molar-refractivity contribution in [1.82, 2.24) is 5.32 Å². The summed E-state index contributed by atoms with van der Waals surface area (Å²) in [5.74, 6) is 0.141. The number of carbonyl (C=O) groups excluding carboxylic acids is 1. The van der Waals surface area contributed by atoms with Crippen LogP contribution in [0, 0.1) is 12.3 Å². The van der Waals surface area contributed by atoms with Crippen LogP contribution in [0.4, 0.5) is 0 Å². The van der Waals surface area contributed by atoms with E-state index in [9.17, 15) is 4.79 Å². The molecule has 0 saturated carbocycles. The Labute approximate surface area is 156 Å². The lowest BCUT2D eigenvalue weighted by Crippen LogP contribution is -2.48. The van der Waals surface area contributed by atoms with E-state index in [2.05, 4.69) is 55.5 Å². The fraction of sp³-hybridized carbons (Fsp3) is 0.619. The molecule has 0 unspecified atom stereocenters. The van der Waals surface area contributed by atoms with Gasteiger partial charge in [0.1, 0.15) is 6.10 Å². The first-order valence-corrected chi connectivity index (χ1v) is 9.71. The number of ether oxygens (including phenoxy) is 1. The maximum Gasteiger partial charge on any atom is 0.226 e. The molecule has 1 saturated heterocycles. The standard InChI is InChI=1S/C21H30N2O3/c1-4-16(3)22-20(24)21(9-11-25-12-10-21)14-18-13-19(23-26-18)17-7-5-15(2)6-8-17/h5-8,16,18H,4,9-14H2,1-3H3,(H,22,24)/t16-,18+/m1/s1. The highest BCUT2D eigenvalue weighted by molar-refractivity contribution is 6.01. The van der Waals surface area contributed by atoms with Crippen LogP contribution in [0.3, 0.4) is 0 Å². The molecule has 1 amide bonds. The molecule has 3 rings (SSSR count). The van der Waals surface area contributed by atoms with Crippen molar-refractivity contribution in [2.24, 2.45) is 10.6 Å². The highest BCUT2D eigenvalue weighted by Gasteiger charge is 2.43. The van der Waals surface area contributed by atoms with E-state index in [1.807, 2.05) is 0 Å². The van der Waals surface area contributed by atoms with Gasteiger partial charge in [-0.2, -0.15) is 0 Å². The molecule has 1 fully saturated rings. The van der Waals surface area contributed by atoms with E-state index in [4.69, 9.17) is 9.57 Å². The lowest BCUT2D eigenvalue weighted by atomic mass is 9.74. The second-order valence-corrected chi connectivity index (χ2v) is 7.72. The lowest BCUT2D eigenvalue weighted by Gasteiger charge is -2.37. The van der Waals surface area contributed by atoms with Crippen molar-refractivity contribution in [3.8, 4) is 0 Å². The van der Waals surface area contributed by atoms with Crippen LogP contribution in [0.1, 0.15) is 57.1 Å². The van der Waals surface area contributed by atoms with Crippen molar-refractivity contribution in [3.05, 3.63) is 35.4 Å². The molecule has 2 atom stereocenters. The molecular weight excluding hydrogens is 328 g/mol. The van der Waals surface area contributed by atoms with E-state index >= 15 is 0 Å². The number of hydrogen-bond acceptors (Lipinski definition) is 4. The number of amides is 1. The Morgan fingerprint density at radius 2 is 2.00 bits per heavy atom. The smallest absolute Gasteiger partial charge is 0.226 e. The Morgan fingerprint density at radius 1 is 1.31 bits per heavy atom. The zero-order valence-corrected chi connectivity index (χ0v) is 16.1. The maximum absolute atomic E-state index is 13.0. The largest absolute Gasteiger partial charge is 0.392 e. The van der Waals surface area contributed by atoms with E-state index in [0.29, 0.717) is 19.6 Å². The number of nitrogens with one attached hydrogen (secondary N) is 1. The maximum atomic E-state index is 13.0. The third-order valence-electron chi connectivity index (χ3n) is 5.66. The minimum absolute atomic E-state index is 0.0490. The van der Waals surface area contributed by atoms with Gasteiger partial charge in [-0.05, 0) is 38.7 Å². The predicted octanol–water partition coefficient (Wildman–Crippen LogP) is 3.59. The second kappa shape index (κ2) is 8.21. The number of hydrogen-bond donors (Lipinski definition) is 1. The van der Waals surface area contributed by atoms with Gasteiger partial charge < -0.3 is 14.9 Å². The van der Waals surface area contributed by atoms with Crippen LogP contribution in [0.5, 0.6) is 0 Å². The van der Waals surface area contributed by atoms with Crippen LogP contribution in [0.15, 0.2) is 29.4 Å². The molecule has 26 heavy (non-hydrogen) atoms. The minimum atomic E-state index is -0.412. The lowest BCUT2D eigenvalue weighted by molar-refractivity contribution is -0.140. The Bertz CT molecular complexity index is 648. The molecule has 1 aromatic rings. The van der Waals surface area contributed by atoms with Crippen molar-refractivity contribution >= 4 is 11.6 Å². The van der Waals surface area contributed by atoms with Gasteiger partial charge in [-0.1, -0.05) is 41.9 Å². The van der Waals surface area contributed by atoms with Gasteiger partial charge in [0.25, 0.3) is 0 Å². The number of oxime groups is 1. The molecule has 2 aliphatic rings. The van der Waals surface area contributed by atoms with Crippen LogP contribution in [-0.2, 0) is 14.4 Å². The minimum Gasteiger partial charge on any atom is -0.392 e. The van der Waals surface area contributed by atoms with E-state index in [1.165, 1.54) is 5.56 Å². The van der Waals surface area contributed by atoms with Gasteiger partial charge in [-0.25, -0.2) is 0 Å². The monoisotopic (exact) mass is 358 g/mol. The zero-order chi connectivity index (χ0) is 18.6. The second-order valence-electron chi connectivity index (χ2n) is 7.72. The summed E-state index contributed by atoms with van der Waals surface area (Å²) in [6, 6.07) is 8.53. The summed E-state index contributed by atoms with van der Waals surface area (Å²) in [5.41, 5.74) is 2.89. The molecule has 0 bridgehead atoms. The topological polar surface area (TPSA) is 59.9 Å². The van der Waals surface area contributed by atoms with Gasteiger partial charge >= 0.3 is 0 Å². The summed E-state index contributed by atoms with van der Waals surface area (Å²) in [6.07, 6.45) is 3.81. The average Bonchev–Trinajstić information content (AvgIpc) is 3.11. The quantitative estimate of drug-likeness (QED) is 0.845. The van der Waals surface area contributed by atoms with Gasteiger partial charge in [0.05, 0.1) is 11.1 Å². The highest BCUT2D eigenvalue weighted by Crippen LogP contribution is 2.38. The first-order chi connectivity index (χ1) is 12.5. The van der Waals surface area contributed by atoms with E-state index in [1.54, 1.807) is 0 Å². The molecule has 5 heteroatoms. The Morgan fingerprint density at radius 3 is 2.65 bits per heavy atom. The molecule has 0 aromatic heterocycles. The number of benzene rings is 1. The van der Waals surface area contributed by atoms with E-state index in [0.717, 1.165) is 37.0 Å². The Balaban J connectivity index is 1.66. The fourth-order valence-electron chi connectivity index (χ4n) is 3.66. The average molecular weight is 358 g/mol. The Kier molecular flexibility index (Phi) is 5.97. The summed E-state index contributed by atoms with van der Waals surface area (Å²) in [6.45, 7) is 7.47. The highest BCUT2D eigenvalue weighted by atomic mass is 16.6. The molecule has 0 spiro atoms. The third-order valence-corrected chi connectivity index (χ3v) is 5.66. The number of carbonyl (C=O) groups is 1. The van der Waals surface area contributed by atoms with Gasteiger partial charge in [-0.15, -0.1) is 0 Å². The molecule has 1 aromatic carbocycles. The summed E-state index contributed by atoms with van der Waals surface area (Å²) in [7, 11) is 0. The molecule has 5 nitrogen and oxygen atoms in total. The first-order valence-electron chi connectivity index (χ1n) is 9.71. The number of rotatable bonds is 6. The number of nitrogens with zero attached hydrogens (tertiary/aromatic N) is 1. The van der Waals surface area contributed by atoms with Gasteiger partial charge in [0, 0.05) is 32.1 Å². The summed E-state index contributed by atoms with van der Waals surface area (Å²) in [5, 5.41) is 7.48. The molecular formula is C21H30N2O3. The molecule has 142 valence electrons. The number of aryl methyl sites for hydroxylation is 1. The van der Waals surface area contributed by atoms with Crippen molar-refractivity contribution in [2.75, 3.05) is 13.2 Å². The molecule has 0 aliphatic carbocycles. The SMILES string of the molecule is CC[C@@H](C)NC(=O)C1(C[C@@H]2CC(c3ccc(C)cc3)=NO2)CCOCC1. The molecule has 2 aliphatic heterocycles. The van der Waals surface area contributed by atoms with Gasteiger partial charge in [0.2, 0.25) is 5.91 Å². The molecule has 2 heterocycles. The van der Waals surface area contributed by atoms with E-state index < -0.39 is 5.41 Å². The van der Waals surface area contributed by atoms with Crippen molar-refractivity contribution in [3.63, 3.8) is 0 Å². The zero-order valence-electron chi connectivity index (χ0n) is 16.1. The van der Waals surface area contributed by atoms with Crippen LogP contribution in [0.2, 0.25) is 0 Å². The van der Waals surface area contributed by atoms with Crippen LogP contribution in [-0.4, -0.2) is 37.0 Å². The fourth-order valence-corrected chi connectivity index (χ4v) is 3.66. The molecule has 1 N–H and O–H groups in total. The van der Waals surface area contributed by atoms with Gasteiger partial charge in [0.15, 0.2) is 0 Å². The normalized spacial score (nSPS) is 23.0. The third kappa shape index (κ3) is 4.26. The first kappa shape index (κ1) is 18.9. The van der Waals surface area contributed by atoms with Crippen molar-refractivity contribution in [2.45, 2.75) is 65.0 Å². The van der Waals surface area contributed by atoms with Crippen LogP contribution >= 0.6 is 0 Å². The van der Waals surface area contributed by atoms with Gasteiger partial charge in [-0.3, -0.25) is 4.79 Å². The van der Waals surface area contributed by atoms with Crippen molar-refractivity contribution < 1.29 is 14.4 Å². The summed E-state index contributed by atoms with van der Waals surface area (Å²) < 4.78 is 5.52. The van der Waals surface area contributed by atoms with Crippen molar-refractivity contribution in [1.29, 1.82) is 0 Å². The Hall–Kier alpha value is -1.88. The van der Waals surface area contributed by atoms with Crippen LogP contribution < -0.4 is 5.32 Å².